The van der Waals surface area contributed by atoms with Crippen molar-refractivity contribution in [3.63, 3.8) is 0 Å². The van der Waals surface area contributed by atoms with Crippen LogP contribution in [0.4, 0.5) is 11.8 Å². The van der Waals surface area contributed by atoms with E-state index in [0.717, 1.165) is 53.9 Å². The zero-order valence-corrected chi connectivity index (χ0v) is 20.1. The summed E-state index contributed by atoms with van der Waals surface area (Å²) in [5, 5.41) is 7.07. The molecule has 0 amide bonds. The summed E-state index contributed by atoms with van der Waals surface area (Å²) in [7, 11) is 3.34. The number of nitrogens with two attached hydrogens (primary N) is 1. The van der Waals surface area contributed by atoms with Crippen molar-refractivity contribution in [2.45, 2.75) is 76.0 Å². The lowest BCUT2D eigenvalue weighted by Crippen LogP contribution is -2.33. The molecule has 0 aliphatic heterocycles. The number of benzene rings is 1. The van der Waals surface area contributed by atoms with E-state index in [9.17, 15) is 0 Å². The third-order valence-electron chi connectivity index (χ3n) is 7.21. The Kier molecular flexibility index (Phi) is 6.71. The van der Waals surface area contributed by atoms with Gasteiger partial charge in [0, 0.05) is 24.7 Å². The Morgan fingerprint density at radius 2 is 1.71 bits per heavy atom. The molecule has 34 heavy (non-hydrogen) atoms. The topological polar surface area (TPSA) is 112 Å². The number of imidazole rings is 1. The molecule has 2 saturated carbocycles. The highest BCUT2D eigenvalue weighted by atomic mass is 16.5. The summed E-state index contributed by atoms with van der Waals surface area (Å²) in [4.78, 5) is 14.5. The van der Waals surface area contributed by atoms with Crippen LogP contribution in [0.25, 0.3) is 11.2 Å². The lowest BCUT2D eigenvalue weighted by molar-refractivity contribution is 0.386. The van der Waals surface area contributed by atoms with Crippen LogP contribution in [0, 0.1) is 0 Å². The molecule has 0 radical (unpaired) electrons. The van der Waals surface area contributed by atoms with Crippen molar-refractivity contribution in [1.29, 1.82) is 0 Å². The molecule has 0 unspecified atom stereocenters. The monoisotopic (exact) mass is 465 g/mol. The van der Waals surface area contributed by atoms with E-state index in [1.807, 2.05) is 24.5 Å². The fraction of sp³-hybridized carbons (Fsp3) is 0.560. The van der Waals surface area contributed by atoms with Crippen LogP contribution in [0.1, 0.15) is 63.0 Å². The van der Waals surface area contributed by atoms with Crippen LogP contribution in [-0.2, 0) is 6.54 Å². The molecule has 5 rings (SSSR count). The predicted octanol–water partition coefficient (Wildman–Crippen LogP) is 4.25. The van der Waals surface area contributed by atoms with Gasteiger partial charge in [-0.05, 0) is 50.7 Å². The molecule has 2 aliphatic rings. The van der Waals surface area contributed by atoms with Gasteiger partial charge < -0.3 is 30.4 Å². The molecule has 3 aromatic rings. The van der Waals surface area contributed by atoms with Gasteiger partial charge in [-0.15, -0.1) is 0 Å². The maximum atomic E-state index is 6.11. The molecule has 4 N–H and O–H groups in total. The maximum Gasteiger partial charge on any atom is 0.227 e. The summed E-state index contributed by atoms with van der Waals surface area (Å²) in [5.41, 5.74) is 8.71. The van der Waals surface area contributed by atoms with Crippen LogP contribution in [0.3, 0.4) is 0 Å². The molecule has 0 spiro atoms. The Morgan fingerprint density at radius 3 is 2.38 bits per heavy atom. The van der Waals surface area contributed by atoms with E-state index < -0.39 is 0 Å². The number of nitrogens with zero attached hydrogens (tertiary/aromatic N) is 4. The van der Waals surface area contributed by atoms with Crippen LogP contribution >= 0.6 is 0 Å². The highest BCUT2D eigenvalue weighted by molar-refractivity contribution is 5.84. The van der Waals surface area contributed by atoms with Crippen molar-refractivity contribution in [3.05, 3.63) is 30.1 Å². The van der Waals surface area contributed by atoms with Gasteiger partial charge in [-0.1, -0.05) is 18.9 Å². The van der Waals surface area contributed by atoms with Crippen molar-refractivity contribution in [3.8, 4) is 11.5 Å². The summed E-state index contributed by atoms with van der Waals surface area (Å²) >= 11 is 0. The van der Waals surface area contributed by atoms with Crippen molar-refractivity contribution in [2.24, 2.45) is 5.73 Å². The molecule has 182 valence electrons. The number of hydrogen-bond acceptors (Lipinski definition) is 8. The highest BCUT2D eigenvalue weighted by Crippen LogP contribution is 2.34. The van der Waals surface area contributed by atoms with E-state index in [0.29, 0.717) is 36.4 Å². The predicted molar refractivity (Wildman–Crippen MR) is 134 cm³/mol. The second-order valence-electron chi connectivity index (χ2n) is 9.41. The average Bonchev–Trinajstić information content (AvgIpc) is 3.53. The number of methoxy groups -OCH3 is 2. The van der Waals surface area contributed by atoms with Crippen molar-refractivity contribution >= 4 is 22.9 Å². The summed E-state index contributed by atoms with van der Waals surface area (Å²) in [5.74, 6) is 2.89. The number of aromatic nitrogens is 4. The Balaban J connectivity index is 1.47. The van der Waals surface area contributed by atoms with Gasteiger partial charge >= 0.3 is 0 Å². The first-order chi connectivity index (χ1) is 16.7. The molecule has 0 saturated heterocycles. The second-order valence-corrected chi connectivity index (χ2v) is 9.41. The first kappa shape index (κ1) is 22.7. The molecule has 9 heteroatoms. The van der Waals surface area contributed by atoms with E-state index in [4.69, 9.17) is 30.2 Å². The molecular formula is C25H35N7O2. The van der Waals surface area contributed by atoms with E-state index >= 15 is 0 Å². The van der Waals surface area contributed by atoms with E-state index in [1.165, 1.54) is 25.7 Å². The van der Waals surface area contributed by atoms with Crippen LogP contribution in [0.15, 0.2) is 24.5 Å². The third-order valence-corrected chi connectivity index (χ3v) is 7.21. The molecule has 2 heterocycles. The lowest BCUT2D eigenvalue weighted by atomic mass is 9.92. The number of hydrogen-bond donors (Lipinski definition) is 3. The van der Waals surface area contributed by atoms with E-state index in [-0.39, 0.29) is 0 Å². The zero-order valence-electron chi connectivity index (χ0n) is 20.1. The minimum Gasteiger partial charge on any atom is -0.496 e. The Bertz CT molecular complexity index is 1100. The first-order valence-corrected chi connectivity index (χ1v) is 12.4. The highest BCUT2D eigenvalue weighted by Gasteiger charge is 2.24. The van der Waals surface area contributed by atoms with Gasteiger partial charge in [-0.25, -0.2) is 4.98 Å². The minimum absolute atomic E-state index is 0.304. The van der Waals surface area contributed by atoms with Crippen molar-refractivity contribution in [2.75, 3.05) is 24.9 Å². The third kappa shape index (κ3) is 4.61. The van der Waals surface area contributed by atoms with Crippen LogP contribution < -0.4 is 25.8 Å². The SMILES string of the molecule is COc1cccc(OC)c1CNc1nc(NC2CCC(N)CC2)nc2c1ncn2C1CCCC1. The summed E-state index contributed by atoms with van der Waals surface area (Å²) < 4.78 is 13.4. The summed E-state index contributed by atoms with van der Waals surface area (Å²) in [6.07, 6.45) is 10.9. The fourth-order valence-corrected chi connectivity index (χ4v) is 5.27. The maximum absolute atomic E-state index is 6.11. The van der Waals surface area contributed by atoms with Crippen LogP contribution in [-0.4, -0.2) is 45.8 Å². The number of ether oxygens (including phenoxy) is 2. The Labute approximate surface area is 200 Å². The Morgan fingerprint density at radius 1 is 1.00 bits per heavy atom. The molecule has 2 aliphatic carbocycles. The summed E-state index contributed by atoms with van der Waals surface area (Å²) in [6.45, 7) is 0.493. The quantitative estimate of drug-likeness (QED) is 0.453. The molecule has 9 nitrogen and oxygen atoms in total. The van der Waals surface area contributed by atoms with Gasteiger partial charge in [0.15, 0.2) is 17.0 Å². The van der Waals surface area contributed by atoms with Gasteiger partial charge in [0.25, 0.3) is 0 Å². The number of anilines is 2. The lowest BCUT2D eigenvalue weighted by Gasteiger charge is -2.27. The Hall–Kier alpha value is -3.07. The number of rotatable bonds is 8. The average molecular weight is 466 g/mol. The van der Waals surface area contributed by atoms with E-state index in [1.54, 1.807) is 14.2 Å². The van der Waals surface area contributed by atoms with E-state index in [2.05, 4.69) is 15.2 Å². The van der Waals surface area contributed by atoms with Crippen LogP contribution in [0.2, 0.25) is 0 Å². The standard InChI is InChI=1S/C25H35N7O2/c1-33-20-8-5-9-21(34-2)19(20)14-27-23-22-24(32(15-28-22)18-6-3-4-7-18)31-25(30-23)29-17-12-10-16(26)11-13-17/h5,8-9,15-18H,3-4,6-7,10-14,26H2,1-2H3,(H2,27,29,30,31). The molecule has 0 bridgehead atoms. The largest absolute Gasteiger partial charge is 0.496 e. The zero-order chi connectivity index (χ0) is 23.5. The number of fused-ring (bicyclic) bond motifs is 1. The normalized spacial score (nSPS) is 21.0. The van der Waals surface area contributed by atoms with Gasteiger partial charge in [0.1, 0.15) is 11.5 Å². The van der Waals surface area contributed by atoms with Crippen LogP contribution in [0.5, 0.6) is 11.5 Å². The summed E-state index contributed by atoms with van der Waals surface area (Å²) in [6, 6.07) is 6.88. The molecule has 0 atom stereocenters. The van der Waals surface area contributed by atoms with Gasteiger partial charge in [0.2, 0.25) is 5.95 Å². The molecule has 2 fully saturated rings. The first-order valence-electron chi connectivity index (χ1n) is 12.4. The molecule has 2 aromatic heterocycles. The molecule has 1 aromatic carbocycles. The second kappa shape index (κ2) is 10.0. The minimum atomic E-state index is 0.304. The number of nitrogens with one attached hydrogen (secondary N) is 2. The smallest absolute Gasteiger partial charge is 0.227 e. The van der Waals surface area contributed by atoms with Gasteiger partial charge in [-0.3, -0.25) is 0 Å². The van der Waals surface area contributed by atoms with Gasteiger partial charge in [0.05, 0.1) is 26.1 Å². The van der Waals surface area contributed by atoms with Crippen molar-refractivity contribution in [1.82, 2.24) is 19.5 Å². The fourth-order valence-electron chi connectivity index (χ4n) is 5.27. The van der Waals surface area contributed by atoms with Crippen molar-refractivity contribution < 1.29 is 9.47 Å². The molecular weight excluding hydrogens is 430 g/mol. The van der Waals surface area contributed by atoms with Gasteiger partial charge in [-0.2, -0.15) is 9.97 Å².